The Morgan fingerprint density at radius 3 is 2.91 bits per heavy atom. The van der Waals surface area contributed by atoms with Crippen LogP contribution in [-0.4, -0.2) is 38.8 Å². The van der Waals surface area contributed by atoms with Crippen LogP contribution in [0.4, 0.5) is 4.39 Å². The SMILES string of the molecule is CC1(C)O[C@@H]2[C@H](O1)C(C=O)=C[C@H]2n1cc(F)c2c(Cl)ncnc21. The number of rotatable bonds is 2. The molecule has 0 unspecified atom stereocenters. The van der Waals surface area contributed by atoms with Crippen molar-refractivity contribution in [2.75, 3.05) is 0 Å². The van der Waals surface area contributed by atoms with E-state index in [1.54, 1.807) is 24.5 Å². The van der Waals surface area contributed by atoms with Gasteiger partial charge in [0.15, 0.2) is 11.6 Å². The fourth-order valence-corrected chi connectivity index (χ4v) is 3.48. The van der Waals surface area contributed by atoms with E-state index in [1.807, 2.05) is 0 Å². The van der Waals surface area contributed by atoms with Crippen molar-refractivity contribution in [3.05, 3.63) is 35.1 Å². The third-order valence-electron chi connectivity index (χ3n) is 4.13. The number of hydrogen-bond donors (Lipinski definition) is 0. The molecule has 0 amide bonds. The van der Waals surface area contributed by atoms with E-state index in [9.17, 15) is 9.18 Å². The molecule has 0 spiro atoms. The minimum atomic E-state index is -0.815. The molecule has 2 aromatic heterocycles. The Labute approximate surface area is 135 Å². The zero-order valence-electron chi connectivity index (χ0n) is 12.4. The maximum atomic E-state index is 14.2. The highest BCUT2D eigenvalue weighted by molar-refractivity contribution is 6.34. The zero-order chi connectivity index (χ0) is 16.4. The number of carbonyl (C=O) groups is 1. The fraction of sp³-hybridized carbons (Fsp3) is 0.400. The molecule has 1 saturated heterocycles. The summed E-state index contributed by atoms with van der Waals surface area (Å²) >= 11 is 5.96. The summed E-state index contributed by atoms with van der Waals surface area (Å²) < 4.78 is 27.5. The summed E-state index contributed by atoms with van der Waals surface area (Å²) in [6, 6.07) is -0.417. The van der Waals surface area contributed by atoms with Gasteiger partial charge in [-0.15, -0.1) is 0 Å². The van der Waals surface area contributed by atoms with Crippen LogP contribution in [0.1, 0.15) is 19.9 Å². The number of aromatic nitrogens is 3. The molecule has 1 fully saturated rings. The second-order valence-corrected chi connectivity index (χ2v) is 6.40. The summed E-state index contributed by atoms with van der Waals surface area (Å²) in [6.45, 7) is 3.55. The average Bonchev–Trinajstić information content (AvgIpc) is 3.08. The van der Waals surface area contributed by atoms with Crippen molar-refractivity contribution in [2.45, 2.75) is 37.9 Å². The van der Waals surface area contributed by atoms with Crippen molar-refractivity contribution >= 4 is 28.9 Å². The van der Waals surface area contributed by atoms with Crippen molar-refractivity contribution in [1.82, 2.24) is 14.5 Å². The van der Waals surface area contributed by atoms with Gasteiger partial charge in [-0.05, 0) is 19.9 Å². The highest BCUT2D eigenvalue weighted by atomic mass is 35.5. The van der Waals surface area contributed by atoms with Gasteiger partial charge in [-0.25, -0.2) is 14.4 Å². The van der Waals surface area contributed by atoms with E-state index >= 15 is 0 Å². The molecule has 0 N–H and O–H groups in total. The summed E-state index contributed by atoms with van der Waals surface area (Å²) in [5.41, 5.74) is 0.830. The van der Waals surface area contributed by atoms with E-state index in [2.05, 4.69) is 9.97 Å². The van der Waals surface area contributed by atoms with Gasteiger partial charge in [-0.3, -0.25) is 4.79 Å². The lowest BCUT2D eigenvalue weighted by Gasteiger charge is -2.22. The van der Waals surface area contributed by atoms with Crippen molar-refractivity contribution in [3.63, 3.8) is 0 Å². The van der Waals surface area contributed by atoms with Gasteiger partial charge in [0, 0.05) is 11.8 Å². The predicted octanol–water partition coefficient (Wildman–Crippen LogP) is 2.42. The first-order valence-corrected chi connectivity index (χ1v) is 7.48. The Kier molecular flexibility index (Phi) is 3.10. The minimum Gasteiger partial charge on any atom is -0.342 e. The minimum absolute atomic E-state index is 0.0457. The van der Waals surface area contributed by atoms with E-state index in [0.29, 0.717) is 11.2 Å². The number of carbonyl (C=O) groups excluding carboxylic acids is 1. The predicted molar refractivity (Wildman–Crippen MR) is 79.5 cm³/mol. The molecule has 2 aromatic rings. The molecule has 0 saturated carbocycles. The molecule has 6 nitrogen and oxygen atoms in total. The van der Waals surface area contributed by atoms with E-state index in [4.69, 9.17) is 21.1 Å². The van der Waals surface area contributed by atoms with Crippen LogP contribution in [0.25, 0.3) is 11.0 Å². The van der Waals surface area contributed by atoms with E-state index < -0.39 is 29.9 Å². The smallest absolute Gasteiger partial charge is 0.164 e. The quantitative estimate of drug-likeness (QED) is 0.622. The van der Waals surface area contributed by atoms with E-state index in [0.717, 1.165) is 6.29 Å². The van der Waals surface area contributed by atoms with Crippen LogP contribution < -0.4 is 0 Å². The highest BCUT2D eigenvalue weighted by Gasteiger charge is 2.51. The molecule has 120 valence electrons. The lowest BCUT2D eigenvalue weighted by Crippen LogP contribution is -2.28. The zero-order valence-corrected chi connectivity index (χ0v) is 13.1. The summed E-state index contributed by atoms with van der Waals surface area (Å²) in [7, 11) is 0. The number of fused-ring (bicyclic) bond motifs is 2. The van der Waals surface area contributed by atoms with Crippen molar-refractivity contribution in [1.29, 1.82) is 0 Å². The molecule has 1 aliphatic heterocycles. The van der Waals surface area contributed by atoms with E-state index in [1.165, 1.54) is 12.5 Å². The Bertz CT molecular complexity index is 848. The van der Waals surface area contributed by atoms with Gasteiger partial charge in [0.05, 0.1) is 11.4 Å². The Morgan fingerprint density at radius 2 is 2.17 bits per heavy atom. The third kappa shape index (κ3) is 2.11. The molecule has 3 heterocycles. The molecular formula is C15H13ClFN3O3. The van der Waals surface area contributed by atoms with Gasteiger partial charge in [0.1, 0.15) is 35.6 Å². The summed E-state index contributed by atoms with van der Waals surface area (Å²) in [5, 5.41) is 0.196. The second-order valence-electron chi connectivity index (χ2n) is 6.04. The molecule has 23 heavy (non-hydrogen) atoms. The average molecular weight is 338 g/mol. The van der Waals surface area contributed by atoms with Crippen molar-refractivity contribution in [3.8, 4) is 0 Å². The van der Waals surface area contributed by atoms with Gasteiger partial charge < -0.3 is 14.0 Å². The first-order chi connectivity index (χ1) is 10.9. The number of aldehydes is 1. The molecule has 1 aliphatic carbocycles. The number of nitrogens with zero attached hydrogens (tertiary/aromatic N) is 3. The molecular weight excluding hydrogens is 325 g/mol. The first kappa shape index (κ1) is 14.7. The van der Waals surface area contributed by atoms with Gasteiger partial charge in [0.2, 0.25) is 0 Å². The van der Waals surface area contributed by atoms with Crippen LogP contribution in [0.5, 0.6) is 0 Å². The standard InChI is InChI=1S/C15H13ClFN3O3/c1-15(2)22-11-7(5-21)3-9(12(11)23-15)20-4-8(17)10-13(16)18-6-19-14(10)20/h3-6,9,11-12H,1-2H3/t9-,11-,12+/m1/s1. The molecule has 8 heteroatoms. The van der Waals surface area contributed by atoms with Crippen LogP contribution in [0.3, 0.4) is 0 Å². The van der Waals surface area contributed by atoms with Crippen molar-refractivity contribution < 1.29 is 18.7 Å². The molecule has 0 aromatic carbocycles. The Balaban J connectivity index is 1.87. The summed E-state index contributed by atoms with van der Waals surface area (Å²) in [6.07, 6.45) is 4.11. The highest BCUT2D eigenvalue weighted by Crippen LogP contribution is 2.44. The largest absolute Gasteiger partial charge is 0.342 e. The van der Waals surface area contributed by atoms with Crippen LogP contribution in [-0.2, 0) is 14.3 Å². The Hall–Kier alpha value is -1.83. The number of halogens is 2. The third-order valence-corrected chi connectivity index (χ3v) is 4.42. The summed E-state index contributed by atoms with van der Waals surface area (Å²) in [4.78, 5) is 19.3. The normalized spacial score (nSPS) is 28.9. The topological polar surface area (TPSA) is 66.2 Å². The van der Waals surface area contributed by atoms with E-state index in [-0.39, 0.29) is 10.5 Å². The molecule has 2 aliphatic rings. The lowest BCUT2D eigenvalue weighted by molar-refractivity contribution is -0.148. The lowest BCUT2D eigenvalue weighted by atomic mass is 10.1. The summed E-state index contributed by atoms with van der Waals surface area (Å²) in [5.74, 6) is -1.34. The number of hydrogen-bond acceptors (Lipinski definition) is 5. The van der Waals surface area contributed by atoms with Crippen LogP contribution in [0.15, 0.2) is 24.2 Å². The molecule has 3 atom stereocenters. The molecule has 0 bridgehead atoms. The maximum Gasteiger partial charge on any atom is 0.164 e. The maximum absolute atomic E-state index is 14.2. The van der Waals surface area contributed by atoms with Gasteiger partial charge in [-0.2, -0.15) is 0 Å². The van der Waals surface area contributed by atoms with Crippen LogP contribution in [0, 0.1) is 5.82 Å². The van der Waals surface area contributed by atoms with Gasteiger partial charge in [-0.1, -0.05) is 11.6 Å². The molecule has 4 rings (SSSR count). The molecule has 0 radical (unpaired) electrons. The first-order valence-electron chi connectivity index (χ1n) is 7.10. The van der Waals surface area contributed by atoms with Crippen LogP contribution in [0.2, 0.25) is 5.15 Å². The van der Waals surface area contributed by atoms with Gasteiger partial charge >= 0.3 is 0 Å². The Morgan fingerprint density at radius 1 is 1.39 bits per heavy atom. The van der Waals surface area contributed by atoms with Gasteiger partial charge in [0.25, 0.3) is 0 Å². The monoisotopic (exact) mass is 337 g/mol. The fourth-order valence-electron chi connectivity index (χ4n) is 3.26. The second kappa shape index (κ2) is 4.83. The number of ether oxygens (including phenoxy) is 2. The van der Waals surface area contributed by atoms with Crippen LogP contribution >= 0.6 is 11.6 Å². The van der Waals surface area contributed by atoms with Crippen molar-refractivity contribution in [2.24, 2.45) is 0 Å².